The fourth-order valence-electron chi connectivity index (χ4n) is 3.54. The molecule has 1 fully saturated rings. The lowest BCUT2D eigenvalue weighted by molar-refractivity contribution is -0.126. The average Bonchev–Trinajstić information content (AvgIpc) is 2.79. The molecule has 0 bridgehead atoms. The van der Waals surface area contributed by atoms with Crippen molar-refractivity contribution in [1.82, 2.24) is 9.62 Å². The van der Waals surface area contributed by atoms with Gasteiger partial charge in [-0.2, -0.15) is 4.31 Å². The molecule has 0 aliphatic carbocycles. The van der Waals surface area contributed by atoms with Crippen LogP contribution >= 0.6 is 0 Å². The Kier molecular flexibility index (Phi) is 7.63. The first-order valence-corrected chi connectivity index (χ1v) is 13.2. The predicted octanol–water partition coefficient (Wildman–Crippen LogP) is 2.35. The van der Waals surface area contributed by atoms with Gasteiger partial charge >= 0.3 is 0 Å². The van der Waals surface area contributed by atoms with Gasteiger partial charge in [-0.25, -0.2) is 25.6 Å². The van der Waals surface area contributed by atoms with Crippen LogP contribution in [0.1, 0.15) is 19.3 Å². The molecule has 0 aromatic heterocycles. The van der Waals surface area contributed by atoms with Crippen LogP contribution in [0.5, 0.6) is 0 Å². The Morgan fingerprint density at radius 3 is 2.31 bits per heavy atom. The van der Waals surface area contributed by atoms with E-state index in [9.17, 15) is 30.4 Å². The molecule has 2 aromatic rings. The Morgan fingerprint density at radius 2 is 1.66 bits per heavy atom. The number of nitrogens with zero attached hydrogens (tertiary/aromatic N) is 1. The molecule has 1 heterocycles. The van der Waals surface area contributed by atoms with Crippen LogP contribution in [0.25, 0.3) is 0 Å². The van der Waals surface area contributed by atoms with E-state index in [-0.39, 0.29) is 55.5 Å². The first-order chi connectivity index (χ1) is 15.1. The molecular weight excluding hydrogens is 462 g/mol. The van der Waals surface area contributed by atoms with Gasteiger partial charge in [0.1, 0.15) is 16.5 Å². The maximum atomic E-state index is 13.9. The van der Waals surface area contributed by atoms with Gasteiger partial charge in [0.25, 0.3) is 0 Å². The Labute approximate surface area is 186 Å². The molecule has 7 nitrogen and oxygen atoms in total. The summed E-state index contributed by atoms with van der Waals surface area (Å²) in [5.41, 5.74) is 0. The standard InChI is InChI=1S/C21H24F2N2O5S2/c22-17-7-8-19(23)20(15-17)32(29,30)25-12-9-16(10-13-25)21(26)24-11-4-14-31(27,28)18-5-2-1-3-6-18/h1-3,5-8,15-16H,4,9-14H2,(H,24,26). The number of rotatable bonds is 8. The largest absolute Gasteiger partial charge is 0.356 e. The first kappa shape index (κ1) is 24.3. The minimum Gasteiger partial charge on any atom is -0.356 e. The summed E-state index contributed by atoms with van der Waals surface area (Å²) in [6.07, 6.45) is 0.698. The van der Waals surface area contributed by atoms with Crippen molar-refractivity contribution >= 4 is 25.8 Å². The summed E-state index contributed by atoms with van der Waals surface area (Å²) in [7, 11) is -7.63. The summed E-state index contributed by atoms with van der Waals surface area (Å²) < 4.78 is 78.1. The van der Waals surface area contributed by atoms with Crippen molar-refractivity contribution in [3.05, 3.63) is 60.2 Å². The number of sulfonamides is 1. The second kappa shape index (κ2) is 10.1. The van der Waals surface area contributed by atoms with Crippen LogP contribution in [0.3, 0.4) is 0 Å². The molecule has 0 atom stereocenters. The maximum absolute atomic E-state index is 13.9. The molecule has 3 rings (SSSR count). The fourth-order valence-corrected chi connectivity index (χ4v) is 6.41. The highest BCUT2D eigenvalue weighted by Gasteiger charge is 2.33. The smallest absolute Gasteiger partial charge is 0.246 e. The van der Waals surface area contributed by atoms with Crippen molar-refractivity contribution in [2.45, 2.75) is 29.1 Å². The van der Waals surface area contributed by atoms with Gasteiger partial charge in [0.05, 0.1) is 10.6 Å². The number of benzene rings is 2. The molecule has 0 unspecified atom stereocenters. The molecule has 0 radical (unpaired) electrons. The lowest BCUT2D eigenvalue weighted by Gasteiger charge is -2.30. The summed E-state index contributed by atoms with van der Waals surface area (Å²) in [6, 6.07) is 10.3. The number of hydrogen-bond acceptors (Lipinski definition) is 5. The third kappa shape index (κ3) is 5.70. The van der Waals surface area contributed by atoms with Crippen molar-refractivity contribution in [2.75, 3.05) is 25.4 Å². The highest BCUT2D eigenvalue weighted by molar-refractivity contribution is 7.91. The summed E-state index contributed by atoms with van der Waals surface area (Å²) in [5.74, 6) is -2.71. The molecule has 11 heteroatoms. The molecule has 1 aliphatic rings. The topological polar surface area (TPSA) is 101 Å². The predicted molar refractivity (Wildman–Crippen MR) is 114 cm³/mol. The number of sulfone groups is 1. The van der Waals surface area contributed by atoms with Gasteiger partial charge in [0, 0.05) is 25.6 Å². The zero-order valence-electron chi connectivity index (χ0n) is 17.2. The molecule has 1 N–H and O–H groups in total. The summed E-state index contributed by atoms with van der Waals surface area (Å²) in [5, 5.41) is 2.70. The SMILES string of the molecule is O=C(NCCCS(=O)(=O)c1ccccc1)C1CCN(S(=O)(=O)c2cc(F)ccc2F)CC1. The van der Waals surface area contributed by atoms with E-state index in [0.29, 0.717) is 6.07 Å². The maximum Gasteiger partial charge on any atom is 0.246 e. The molecule has 2 aromatic carbocycles. The third-order valence-electron chi connectivity index (χ3n) is 5.33. The van der Waals surface area contributed by atoms with Crippen LogP contribution in [-0.4, -0.2) is 52.4 Å². The zero-order valence-corrected chi connectivity index (χ0v) is 18.8. The average molecular weight is 487 g/mol. The number of halogens is 2. The number of carbonyl (C=O) groups excluding carboxylic acids is 1. The quantitative estimate of drug-likeness (QED) is 0.578. The Hall–Kier alpha value is -2.37. The van der Waals surface area contributed by atoms with Crippen molar-refractivity contribution < 1.29 is 30.4 Å². The summed E-state index contributed by atoms with van der Waals surface area (Å²) in [4.78, 5) is 11.9. The van der Waals surface area contributed by atoms with Crippen LogP contribution in [0.15, 0.2) is 58.3 Å². The van der Waals surface area contributed by atoms with Gasteiger partial charge in [-0.1, -0.05) is 18.2 Å². The Bertz CT molecular complexity index is 1160. The van der Waals surface area contributed by atoms with Crippen molar-refractivity contribution in [3.63, 3.8) is 0 Å². The van der Waals surface area contributed by atoms with Crippen molar-refractivity contribution in [1.29, 1.82) is 0 Å². The fraction of sp³-hybridized carbons (Fsp3) is 0.381. The lowest BCUT2D eigenvalue weighted by atomic mass is 9.97. The van der Waals surface area contributed by atoms with Gasteiger partial charge in [-0.3, -0.25) is 4.79 Å². The van der Waals surface area contributed by atoms with E-state index in [2.05, 4.69) is 5.32 Å². The molecule has 1 saturated heterocycles. The van der Waals surface area contributed by atoms with E-state index < -0.39 is 42.3 Å². The van der Waals surface area contributed by atoms with E-state index >= 15 is 0 Å². The van der Waals surface area contributed by atoms with Gasteiger partial charge in [0.2, 0.25) is 15.9 Å². The van der Waals surface area contributed by atoms with Gasteiger partial charge in [-0.05, 0) is 49.6 Å². The van der Waals surface area contributed by atoms with Gasteiger partial charge in [0.15, 0.2) is 9.84 Å². The third-order valence-corrected chi connectivity index (χ3v) is 9.06. The molecule has 32 heavy (non-hydrogen) atoms. The van der Waals surface area contributed by atoms with Gasteiger partial charge < -0.3 is 5.32 Å². The molecule has 0 spiro atoms. The normalized spacial score (nSPS) is 16.1. The van der Waals surface area contributed by atoms with Crippen LogP contribution < -0.4 is 5.32 Å². The Morgan fingerprint density at radius 1 is 1.00 bits per heavy atom. The summed E-state index contributed by atoms with van der Waals surface area (Å²) >= 11 is 0. The second-order valence-corrected chi connectivity index (χ2v) is 11.5. The first-order valence-electron chi connectivity index (χ1n) is 10.1. The Balaban J connectivity index is 1.48. The van der Waals surface area contributed by atoms with E-state index in [0.717, 1.165) is 16.4 Å². The molecule has 174 valence electrons. The highest BCUT2D eigenvalue weighted by Crippen LogP contribution is 2.26. The van der Waals surface area contributed by atoms with Gasteiger partial charge in [-0.15, -0.1) is 0 Å². The van der Waals surface area contributed by atoms with E-state index in [1.807, 2.05) is 0 Å². The molecule has 0 saturated carbocycles. The number of nitrogens with one attached hydrogen (secondary N) is 1. The highest BCUT2D eigenvalue weighted by atomic mass is 32.2. The van der Waals surface area contributed by atoms with Crippen LogP contribution in [0, 0.1) is 17.6 Å². The second-order valence-electron chi connectivity index (χ2n) is 7.53. The number of amides is 1. The zero-order chi connectivity index (χ0) is 23.4. The summed E-state index contributed by atoms with van der Waals surface area (Å²) in [6.45, 7) is 0.176. The minimum atomic E-state index is -4.21. The van der Waals surface area contributed by atoms with Crippen LogP contribution in [0.4, 0.5) is 8.78 Å². The van der Waals surface area contributed by atoms with E-state index in [4.69, 9.17) is 0 Å². The lowest BCUT2D eigenvalue weighted by Crippen LogP contribution is -2.43. The molecule has 1 amide bonds. The van der Waals surface area contributed by atoms with Crippen LogP contribution in [0.2, 0.25) is 0 Å². The molecule has 1 aliphatic heterocycles. The number of piperidine rings is 1. The van der Waals surface area contributed by atoms with Crippen molar-refractivity contribution in [2.24, 2.45) is 5.92 Å². The van der Waals surface area contributed by atoms with Crippen LogP contribution in [-0.2, 0) is 24.7 Å². The number of carbonyl (C=O) groups is 1. The monoisotopic (exact) mass is 486 g/mol. The number of hydrogen-bond donors (Lipinski definition) is 1. The van der Waals surface area contributed by atoms with Crippen molar-refractivity contribution in [3.8, 4) is 0 Å². The van der Waals surface area contributed by atoms with E-state index in [1.165, 1.54) is 12.1 Å². The molecular formula is C21H24F2N2O5S2. The minimum absolute atomic E-state index is 0.00123. The van der Waals surface area contributed by atoms with E-state index in [1.54, 1.807) is 18.2 Å².